The molecule has 0 spiro atoms. The Labute approximate surface area is 350 Å². The van der Waals surface area contributed by atoms with Gasteiger partial charge in [0.15, 0.2) is 14.3 Å². The van der Waals surface area contributed by atoms with Crippen molar-refractivity contribution >= 4 is 80.2 Å². The molecule has 0 saturated carbocycles. The van der Waals surface area contributed by atoms with Gasteiger partial charge in [-0.15, -0.1) is 0 Å². The topological polar surface area (TPSA) is 40.6 Å². The van der Waals surface area contributed by atoms with Crippen molar-refractivity contribution in [2.24, 2.45) is 0 Å². The molecule has 0 aliphatic carbocycles. The van der Waals surface area contributed by atoms with Crippen molar-refractivity contribution < 1.29 is 9.13 Å². The molecule has 0 bridgehead atoms. The molecule has 2 aliphatic heterocycles. The number of fused-ring (bicyclic) bond motifs is 6. The number of nitrogens with zero attached hydrogens (tertiary/aromatic N) is 2. The molecule has 9 aromatic carbocycles. The lowest BCUT2D eigenvalue weighted by Crippen LogP contribution is -2.24. The van der Waals surface area contributed by atoms with Crippen LogP contribution in [0.15, 0.2) is 231 Å². The third-order valence-corrected chi connectivity index (χ3v) is 18.1. The standard InChI is InChI=1S/C54H38N2O2P2/c57-59(45-27-15-5-16-28-45)51-35-43(55(39-19-7-1-8-20-39)40-21-9-2-10-22-40)31-33-47(51)49-37-54-50(38-53(49)59)48-34-32-44(36-52(48)60(54,58)46-29-17-6-18-30-46)56(41-23-11-3-12-24-41)42-25-13-4-14-26-42/h1-38H. The van der Waals surface area contributed by atoms with E-state index in [4.69, 9.17) is 0 Å². The molecule has 4 nitrogen and oxygen atoms in total. The molecule has 0 radical (unpaired) electrons. The quantitative estimate of drug-likeness (QED) is 0.143. The highest BCUT2D eigenvalue weighted by Gasteiger charge is 2.46. The number of hydrogen-bond donors (Lipinski definition) is 0. The van der Waals surface area contributed by atoms with Gasteiger partial charge in [-0.05, 0) is 107 Å². The van der Waals surface area contributed by atoms with Crippen LogP contribution in [0, 0.1) is 0 Å². The fraction of sp³-hybridized carbons (Fsp3) is 0. The van der Waals surface area contributed by atoms with Gasteiger partial charge in [0, 0.05) is 66.0 Å². The Balaban J connectivity index is 1.14. The van der Waals surface area contributed by atoms with Crippen LogP contribution in [-0.4, -0.2) is 0 Å². The predicted octanol–water partition coefficient (Wildman–Crippen LogP) is 11.9. The number of anilines is 6. The van der Waals surface area contributed by atoms with Crippen LogP contribution in [0.2, 0.25) is 0 Å². The molecular formula is C54H38N2O2P2. The van der Waals surface area contributed by atoms with E-state index in [1.165, 1.54) is 0 Å². The number of para-hydroxylation sites is 4. The van der Waals surface area contributed by atoms with E-state index in [-0.39, 0.29) is 0 Å². The third-order valence-electron chi connectivity index (χ3n) is 11.8. The Morgan fingerprint density at radius 3 is 0.817 bits per heavy atom. The summed E-state index contributed by atoms with van der Waals surface area (Å²) in [4.78, 5) is 4.42. The van der Waals surface area contributed by atoms with Crippen LogP contribution < -0.4 is 41.6 Å². The van der Waals surface area contributed by atoms with Gasteiger partial charge >= 0.3 is 0 Å². The van der Waals surface area contributed by atoms with Gasteiger partial charge in [-0.2, -0.15) is 0 Å². The van der Waals surface area contributed by atoms with Crippen LogP contribution in [-0.2, 0) is 9.13 Å². The van der Waals surface area contributed by atoms with Crippen LogP contribution >= 0.6 is 14.3 Å². The highest BCUT2D eigenvalue weighted by atomic mass is 31.2. The summed E-state index contributed by atoms with van der Waals surface area (Å²) in [5, 5.41) is 4.67. The Hall–Kier alpha value is -6.96. The average molecular weight is 809 g/mol. The molecule has 11 rings (SSSR count). The smallest absolute Gasteiger partial charge is 0.172 e. The van der Waals surface area contributed by atoms with Gasteiger partial charge in [-0.3, -0.25) is 0 Å². The highest BCUT2D eigenvalue weighted by molar-refractivity contribution is 7.87. The first-order valence-electron chi connectivity index (χ1n) is 20.1. The Morgan fingerprint density at radius 1 is 0.250 bits per heavy atom. The second-order valence-electron chi connectivity index (χ2n) is 15.2. The van der Waals surface area contributed by atoms with Crippen LogP contribution in [0.4, 0.5) is 34.1 Å². The zero-order chi connectivity index (χ0) is 40.3. The highest BCUT2D eigenvalue weighted by Crippen LogP contribution is 2.58. The van der Waals surface area contributed by atoms with Crippen LogP contribution in [0.25, 0.3) is 22.3 Å². The van der Waals surface area contributed by atoms with Crippen LogP contribution in [0.1, 0.15) is 0 Å². The van der Waals surface area contributed by atoms with E-state index < -0.39 is 14.3 Å². The van der Waals surface area contributed by atoms with Gasteiger partial charge < -0.3 is 18.9 Å². The first kappa shape index (κ1) is 36.1. The first-order chi connectivity index (χ1) is 29.5. The van der Waals surface area contributed by atoms with E-state index >= 15 is 9.13 Å². The fourth-order valence-corrected chi connectivity index (χ4v) is 15.3. The number of rotatable bonds is 8. The van der Waals surface area contributed by atoms with Crippen molar-refractivity contribution in [3.63, 3.8) is 0 Å². The lowest BCUT2D eigenvalue weighted by molar-refractivity contribution is 0.592. The molecule has 0 amide bonds. The average Bonchev–Trinajstić information content (AvgIpc) is 3.72. The zero-order valence-electron chi connectivity index (χ0n) is 32.5. The molecule has 60 heavy (non-hydrogen) atoms. The van der Waals surface area contributed by atoms with Crippen molar-refractivity contribution in [1.29, 1.82) is 0 Å². The second-order valence-corrected chi connectivity index (χ2v) is 20.6. The molecule has 0 aromatic heterocycles. The first-order valence-corrected chi connectivity index (χ1v) is 23.6. The maximum absolute atomic E-state index is 16.4. The van der Waals surface area contributed by atoms with E-state index in [2.05, 4.69) is 107 Å². The maximum Gasteiger partial charge on any atom is 0.172 e. The van der Waals surface area contributed by atoms with Crippen LogP contribution in [0.5, 0.6) is 0 Å². The summed E-state index contributed by atoms with van der Waals surface area (Å²) < 4.78 is 32.8. The van der Waals surface area contributed by atoms with Gasteiger partial charge in [0.25, 0.3) is 0 Å². The fourth-order valence-electron chi connectivity index (χ4n) is 9.12. The molecule has 0 fully saturated rings. The summed E-state index contributed by atoms with van der Waals surface area (Å²) in [5.41, 5.74) is 9.39. The SMILES string of the molecule is O=P1(c2ccccc2)c2cc(N(c3ccccc3)c3ccccc3)ccc2-c2cc3c(cc21)-c1ccc(N(c2ccccc2)c2ccccc2)cc1P3(=O)c1ccccc1. The van der Waals surface area contributed by atoms with Gasteiger partial charge in [0.1, 0.15) is 0 Å². The monoisotopic (exact) mass is 808 g/mol. The van der Waals surface area contributed by atoms with Gasteiger partial charge in [0.2, 0.25) is 0 Å². The molecule has 6 heteroatoms. The Morgan fingerprint density at radius 2 is 0.517 bits per heavy atom. The van der Waals surface area contributed by atoms with Gasteiger partial charge in [-0.25, -0.2) is 0 Å². The zero-order valence-corrected chi connectivity index (χ0v) is 34.3. The molecule has 286 valence electrons. The minimum atomic E-state index is -3.44. The largest absolute Gasteiger partial charge is 0.310 e. The number of hydrogen-bond acceptors (Lipinski definition) is 4. The maximum atomic E-state index is 16.4. The lowest BCUT2D eigenvalue weighted by atomic mass is 9.99. The van der Waals surface area contributed by atoms with E-state index in [1.807, 2.05) is 133 Å². The normalized spacial score (nSPS) is 16.9. The molecule has 2 unspecified atom stereocenters. The minimum Gasteiger partial charge on any atom is -0.310 e. The summed E-state index contributed by atoms with van der Waals surface area (Å²) in [7, 11) is -6.88. The molecule has 9 aromatic rings. The van der Waals surface area contributed by atoms with Crippen molar-refractivity contribution in [3.05, 3.63) is 231 Å². The predicted molar refractivity (Wildman–Crippen MR) is 253 cm³/mol. The third kappa shape index (κ3) is 5.60. The summed E-state index contributed by atoms with van der Waals surface area (Å²) in [5.74, 6) is 0. The van der Waals surface area contributed by atoms with E-state index in [0.717, 1.165) is 88.2 Å². The molecule has 0 N–H and O–H groups in total. The lowest BCUT2D eigenvalue weighted by Gasteiger charge is -2.26. The Bertz CT molecular complexity index is 2850. The molecule has 2 heterocycles. The van der Waals surface area contributed by atoms with Crippen molar-refractivity contribution in [1.82, 2.24) is 0 Å². The summed E-state index contributed by atoms with van der Waals surface area (Å²) in [6.07, 6.45) is 0. The van der Waals surface area contributed by atoms with Gasteiger partial charge in [0.05, 0.1) is 0 Å². The van der Waals surface area contributed by atoms with E-state index in [1.54, 1.807) is 0 Å². The Kier molecular flexibility index (Phi) is 8.67. The van der Waals surface area contributed by atoms with Crippen molar-refractivity contribution in [2.75, 3.05) is 9.80 Å². The van der Waals surface area contributed by atoms with Crippen molar-refractivity contribution in [3.8, 4) is 22.3 Å². The minimum absolute atomic E-state index is 0.772. The van der Waals surface area contributed by atoms with E-state index in [0.29, 0.717) is 0 Å². The van der Waals surface area contributed by atoms with Crippen LogP contribution in [0.3, 0.4) is 0 Å². The summed E-state index contributed by atoms with van der Waals surface area (Å²) in [6.45, 7) is 0. The number of benzene rings is 9. The molecule has 0 saturated heterocycles. The summed E-state index contributed by atoms with van der Waals surface area (Å²) in [6, 6.07) is 77.8. The summed E-state index contributed by atoms with van der Waals surface area (Å²) >= 11 is 0. The van der Waals surface area contributed by atoms with Crippen molar-refractivity contribution in [2.45, 2.75) is 0 Å². The van der Waals surface area contributed by atoms with Gasteiger partial charge in [-0.1, -0.05) is 146 Å². The van der Waals surface area contributed by atoms with E-state index in [9.17, 15) is 0 Å². The molecular weight excluding hydrogens is 771 g/mol. The molecule has 2 atom stereocenters. The second kappa shape index (κ2) is 14.4. The molecule has 2 aliphatic rings.